The number of likely N-dealkylation sites (N-methyl/N-ethyl adjacent to an activating group) is 1. The molecule has 0 radical (unpaired) electrons. The minimum atomic E-state index is -1.16. The molecule has 0 fully saturated rings. The van der Waals surface area contributed by atoms with Crippen LogP contribution in [-0.4, -0.2) is 48.4 Å². The van der Waals surface area contributed by atoms with Crippen molar-refractivity contribution >= 4 is 23.2 Å². The molecule has 6 heteroatoms. The Labute approximate surface area is 173 Å². The summed E-state index contributed by atoms with van der Waals surface area (Å²) in [5.74, 6) is -0.516. The first-order chi connectivity index (χ1) is 13.8. The Morgan fingerprint density at radius 2 is 1.59 bits per heavy atom. The second-order valence-corrected chi connectivity index (χ2v) is 7.63. The second-order valence-electron chi connectivity index (χ2n) is 7.63. The van der Waals surface area contributed by atoms with Crippen molar-refractivity contribution in [3.8, 4) is 0 Å². The Morgan fingerprint density at radius 1 is 1.00 bits per heavy atom. The smallest absolute Gasteiger partial charge is 0.239 e. The highest BCUT2D eigenvalue weighted by molar-refractivity contribution is 6.09. The first kappa shape index (κ1) is 22.4. The maximum Gasteiger partial charge on any atom is 0.239 e. The first-order valence-electron chi connectivity index (χ1n) is 10.1. The number of hydrogen-bond donors (Lipinski definition) is 1. The van der Waals surface area contributed by atoms with Gasteiger partial charge in [-0.25, -0.2) is 0 Å². The predicted octanol–water partition coefficient (Wildman–Crippen LogP) is 3.59. The van der Waals surface area contributed by atoms with Gasteiger partial charge in [-0.1, -0.05) is 0 Å². The number of carbonyl (C=O) groups excluding carboxylic acids is 2. The highest BCUT2D eigenvalue weighted by Crippen LogP contribution is 2.23. The number of nitrogens with one attached hydrogen (secondary N) is 1. The van der Waals surface area contributed by atoms with Gasteiger partial charge in [-0.2, -0.15) is 0 Å². The van der Waals surface area contributed by atoms with Crippen molar-refractivity contribution in [3.05, 3.63) is 54.4 Å². The zero-order valence-electron chi connectivity index (χ0n) is 18.1. The van der Waals surface area contributed by atoms with Crippen LogP contribution in [0.1, 0.15) is 33.3 Å². The summed E-state index contributed by atoms with van der Waals surface area (Å²) in [5.41, 5.74) is 1.74. The van der Waals surface area contributed by atoms with Gasteiger partial charge in [0.05, 0.1) is 0 Å². The van der Waals surface area contributed by atoms with Gasteiger partial charge >= 0.3 is 0 Å². The van der Waals surface area contributed by atoms with Crippen LogP contribution in [0.2, 0.25) is 0 Å². The van der Waals surface area contributed by atoms with E-state index >= 15 is 0 Å². The van der Waals surface area contributed by atoms with Crippen molar-refractivity contribution in [1.82, 2.24) is 9.88 Å². The van der Waals surface area contributed by atoms with Gasteiger partial charge < -0.3 is 15.1 Å². The molecule has 2 amide bonds. The van der Waals surface area contributed by atoms with Gasteiger partial charge in [0.1, 0.15) is 5.41 Å². The van der Waals surface area contributed by atoms with Gasteiger partial charge in [-0.15, -0.1) is 0 Å². The van der Waals surface area contributed by atoms with E-state index in [4.69, 9.17) is 0 Å². The normalized spacial score (nSPS) is 11.1. The fourth-order valence-corrected chi connectivity index (χ4v) is 3.15. The number of amides is 2. The van der Waals surface area contributed by atoms with Crippen LogP contribution in [0.4, 0.5) is 11.4 Å². The molecule has 1 N–H and O–H groups in total. The molecule has 6 nitrogen and oxygen atoms in total. The maximum absolute atomic E-state index is 12.9. The number of anilines is 2. The molecule has 0 bridgehead atoms. The molecule has 0 saturated carbocycles. The Hall–Kier alpha value is -2.89. The molecule has 2 aromatic rings. The minimum absolute atomic E-state index is 0.205. The van der Waals surface area contributed by atoms with Crippen LogP contribution in [0.5, 0.6) is 0 Å². The van der Waals surface area contributed by atoms with Crippen molar-refractivity contribution in [3.63, 3.8) is 0 Å². The Balaban J connectivity index is 1.98. The number of carbonyl (C=O) groups is 2. The average Bonchev–Trinajstić information content (AvgIpc) is 2.74. The standard InChI is InChI=1S/C23H32N4O2/c1-6-27(7-2)20-10-8-19(9-11-20)25-21(28)23(3,4)22(29)26(5)17-14-18-12-15-24-16-13-18/h8-13,15-16H,6-7,14,17H2,1-5H3,(H,25,28). The van der Waals surface area contributed by atoms with E-state index in [1.54, 1.807) is 38.2 Å². The molecule has 0 aliphatic heterocycles. The van der Waals surface area contributed by atoms with E-state index in [9.17, 15) is 9.59 Å². The van der Waals surface area contributed by atoms with Gasteiger partial charge in [0.2, 0.25) is 11.8 Å². The molecule has 0 spiro atoms. The summed E-state index contributed by atoms with van der Waals surface area (Å²) in [6, 6.07) is 11.6. The van der Waals surface area contributed by atoms with Crippen LogP contribution in [0.3, 0.4) is 0 Å². The number of rotatable bonds is 9. The minimum Gasteiger partial charge on any atom is -0.372 e. The SMILES string of the molecule is CCN(CC)c1ccc(NC(=O)C(C)(C)C(=O)N(C)CCc2ccncc2)cc1. The number of pyridine rings is 1. The average molecular weight is 397 g/mol. The van der Waals surface area contributed by atoms with E-state index in [1.165, 1.54) is 0 Å². The van der Waals surface area contributed by atoms with Gasteiger partial charge in [0.25, 0.3) is 0 Å². The lowest BCUT2D eigenvalue weighted by Gasteiger charge is -2.28. The van der Waals surface area contributed by atoms with Crippen LogP contribution in [0, 0.1) is 5.41 Å². The molecule has 0 unspecified atom stereocenters. The second kappa shape index (κ2) is 10.0. The monoisotopic (exact) mass is 396 g/mol. The first-order valence-corrected chi connectivity index (χ1v) is 10.1. The summed E-state index contributed by atoms with van der Waals surface area (Å²) in [7, 11) is 1.73. The summed E-state index contributed by atoms with van der Waals surface area (Å²) in [4.78, 5) is 33.5. The van der Waals surface area contributed by atoms with Crippen molar-refractivity contribution in [2.24, 2.45) is 5.41 Å². The van der Waals surface area contributed by atoms with E-state index in [-0.39, 0.29) is 11.8 Å². The summed E-state index contributed by atoms with van der Waals surface area (Å²) in [6.07, 6.45) is 4.19. The van der Waals surface area contributed by atoms with E-state index in [2.05, 4.69) is 29.0 Å². The van der Waals surface area contributed by atoms with Crippen LogP contribution >= 0.6 is 0 Å². The molecule has 0 aliphatic rings. The topological polar surface area (TPSA) is 65.5 Å². The quantitative estimate of drug-likeness (QED) is 0.658. The van der Waals surface area contributed by atoms with E-state index in [0.29, 0.717) is 12.2 Å². The Morgan fingerprint density at radius 3 is 2.14 bits per heavy atom. The maximum atomic E-state index is 12.9. The summed E-state index contributed by atoms with van der Waals surface area (Å²) in [6.45, 7) is 9.94. The number of benzene rings is 1. The molecule has 0 aliphatic carbocycles. The molecular formula is C23H32N4O2. The lowest BCUT2D eigenvalue weighted by atomic mass is 9.90. The fourth-order valence-electron chi connectivity index (χ4n) is 3.15. The lowest BCUT2D eigenvalue weighted by Crippen LogP contribution is -2.46. The summed E-state index contributed by atoms with van der Waals surface area (Å²) >= 11 is 0. The third-order valence-corrected chi connectivity index (χ3v) is 5.19. The van der Waals surface area contributed by atoms with Crippen LogP contribution in [0.25, 0.3) is 0 Å². The summed E-state index contributed by atoms with van der Waals surface area (Å²) in [5, 5.41) is 2.88. The number of hydrogen-bond acceptors (Lipinski definition) is 4. The third kappa shape index (κ3) is 5.79. The molecule has 2 rings (SSSR count). The fraction of sp³-hybridized carbons (Fsp3) is 0.435. The molecule has 29 heavy (non-hydrogen) atoms. The molecular weight excluding hydrogens is 364 g/mol. The zero-order valence-corrected chi connectivity index (χ0v) is 18.1. The Bertz CT molecular complexity index is 799. The van der Waals surface area contributed by atoms with Crippen molar-refractivity contribution in [1.29, 1.82) is 0 Å². The van der Waals surface area contributed by atoms with E-state index in [0.717, 1.165) is 30.8 Å². The van der Waals surface area contributed by atoms with Crippen LogP contribution in [0.15, 0.2) is 48.8 Å². The number of nitrogens with zero attached hydrogens (tertiary/aromatic N) is 3. The van der Waals surface area contributed by atoms with Crippen LogP contribution < -0.4 is 10.2 Å². The molecule has 0 saturated heterocycles. The molecule has 0 atom stereocenters. The largest absolute Gasteiger partial charge is 0.372 e. The molecule has 1 aromatic carbocycles. The van der Waals surface area contributed by atoms with Crippen molar-refractivity contribution in [2.45, 2.75) is 34.1 Å². The van der Waals surface area contributed by atoms with Gasteiger partial charge in [-0.3, -0.25) is 14.6 Å². The van der Waals surface area contributed by atoms with Gasteiger partial charge in [-0.05, 0) is 76.1 Å². The van der Waals surface area contributed by atoms with Crippen molar-refractivity contribution in [2.75, 3.05) is 36.9 Å². The highest BCUT2D eigenvalue weighted by Gasteiger charge is 2.38. The predicted molar refractivity (Wildman–Crippen MR) is 118 cm³/mol. The molecule has 1 heterocycles. The Kier molecular flexibility index (Phi) is 7.76. The van der Waals surface area contributed by atoms with Gasteiger partial charge in [0, 0.05) is 50.5 Å². The third-order valence-electron chi connectivity index (χ3n) is 5.19. The zero-order chi connectivity index (χ0) is 21.4. The van der Waals surface area contributed by atoms with Crippen molar-refractivity contribution < 1.29 is 9.59 Å². The highest BCUT2D eigenvalue weighted by atomic mass is 16.2. The van der Waals surface area contributed by atoms with Gasteiger partial charge in [0.15, 0.2) is 0 Å². The molecule has 156 valence electrons. The van der Waals surface area contributed by atoms with E-state index in [1.807, 2.05) is 36.4 Å². The molecule has 1 aromatic heterocycles. The van der Waals surface area contributed by atoms with E-state index < -0.39 is 5.41 Å². The van der Waals surface area contributed by atoms with Crippen LogP contribution in [-0.2, 0) is 16.0 Å². The summed E-state index contributed by atoms with van der Waals surface area (Å²) < 4.78 is 0. The number of aromatic nitrogens is 1. The lowest BCUT2D eigenvalue weighted by molar-refractivity contribution is -0.145.